The van der Waals surface area contributed by atoms with Gasteiger partial charge in [0.15, 0.2) is 0 Å². The minimum absolute atomic E-state index is 0.0744. The van der Waals surface area contributed by atoms with Gasteiger partial charge in [-0.3, -0.25) is 4.79 Å². The van der Waals surface area contributed by atoms with Crippen LogP contribution in [-0.2, 0) is 10.0 Å². The Morgan fingerprint density at radius 1 is 1.12 bits per heavy atom. The largest absolute Gasteiger partial charge is 0.497 e. The van der Waals surface area contributed by atoms with Crippen LogP contribution in [0.3, 0.4) is 0 Å². The highest BCUT2D eigenvalue weighted by molar-refractivity contribution is 7.89. The van der Waals surface area contributed by atoms with E-state index in [0.717, 1.165) is 10.7 Å². The van der Waals surface area contributed by atoms with Crippen LogP contribution >= 0.6 is 11.3 Å². The molecule has 7 nitrogen and oxygen atoms in total. The van der Waals surface area contributed by atoms with Gasteiger partial charge < -0.3 is 9.64 Å². The number of sulfonamides is 1. The molecule has 0 radical (unpaired) electrons. The maximum absolute atomic E-state index is 12.8. The average molecular weight is 396 g/mol. The van der Waals surface area contributed by atoms with E-state index in [0.29, 0.717) is 23.7 Å². The number of hydrogen-bond donors (Lipinski definition) is 0. The van der Waals surface area contributed by atoms with Gasteiger partial charge in [0.2, 0.25) is 10.0 Å². The molecule has 1 aromatic carbocycles. The van der Waals surface area contributed by atoms with Gasteiger partial charge in [0.25, 0.3) is 5.91 Å². The van der Waals surface area contributed by atoms with E-state index in [4.69, 9.17) is 4.74 Å². The van der Waals surface area contributed by atoms with Crippen LogP contribution in [0.2, 0.25) is 0 Å². The van der Waals surface area contributed by atoms with Gasteiger partial charge in [0.1, 0.15) is 10.6 Å². The normalized spacial score (nSPS) is 15.9. The highest BCUT2D eigenvalue weighted by Gasteiger charge is 2.31. The molecule has 2 heterocycles. The molecule has 1 amide bonds. The molecule has 1 aliphatic rings. The number of amides is 1. The first kappa shape index (κ1) is 18.8. The summed E-state index contributed by atoms with van der Waals surface area (Å²) in [7, 11) is -2.04. The molecule has 0 saturated carbocycles. The third kappa shape index (κ3) is 3.60. The van der Waals surface area contributed by atoms with Crippen molar-refractivity contribution < 1.29 is 17.9 Å². The zero-order valence-electron chi connectivity index (χ0n) is 14.9. The molecule has 140 valence electrons. The van der Waals surface area contributed by atoms with Crippen LogP contribution < -0.4 is 4.74 Å². The number of methoxy groups -OCH3 is 1. The molecule has 2 aromatic rings. The van der Waals surface area contributed by atoms with Crippen LogP contribution in [0.25, 0.3) is 0 Å². The number of aryl methyl sites for hydroxylation is 2. The molecule has 1 fully saturated rings. The summed E-state index contributed by atoms with van der Waals surface area (Å²) in [6, 6.07) is 6.33. The van der Waals surface area contributed by atoms with Crippen molar-refractivity contribution in [3.05, 3.63) is 39.8 Å². The second kappa shape index (κ2) is 7.34. The summed E-state index contributed by atoms with van der Waals surface area (Å²) in [5.41, 5.74) is 0.728. The van der Waals surface area contributed by atoms with Gasteiger partial charge >= 0.3 is 0 Å². The lowest BCUT2D eigenvalue weighted by molar-refractivity contribution is 0.0702. The molecule has 0 spiro atoms. The van der Waals surface area contributed by atoms with Crippen molar-refractivity contribution in [2.24, 2.45) is 0 Å². The zero-order chi connectivity index (χ0) is 18.9. The minimum atomic E-state index is -3.57. The molecule has 9 heteroatoms. The first-order valence-corrected chi connectivity index (χ1v) is 10.5. The van der Waals surface area contributed by atoms with Gasteiger partial charge in [-0.15, -0.1) is 11.3 Å². The van der Waals surface area contributed by atoms with E-state index >= 15 is 0 Å². The Kier molecular flexibility index (Phi) is 5.31. The van der Waals surface area contributed by atoms with Gasteiger partial charge in [0.05, 0.1) is 22.7 Å². The fraction of sp³-hybridized carbons (Fsp3) is 0.412. The summed E-state index contributed by atoms with van der Waals surface area (Å²) in [6.45, 7) is 4.97. The third-order valence-electron chi connectivity index (χ3n) is 4.32. The SMILES string of the molecule is COc1ccc(S(=O)(=O)N2CCN(C(=O)c3sc(C)nc3C)CC2)cc1. The average Bonchev–Trinajstić information content (AvgIpc) is 2.99. The van der Waals surface area contributed by atoms with Gasteiger partial charge in [0, 0.05) is 26.2 Å². The maximum Gasteiger partial charge on any atom is 0.265 e. The number of thiazole rings is 1. The number of piperazine rings is 1. The van der Waals surface area contributed by atoms with Crippen molar-refractivity contribution in [2.45, 2.75) is 18.7 Å². The highest BCUT2D eigenvalue weighted by Crippen LogP contribution is 2.23. The van der Waals surface area contributed by atoms with Crippen molar-refractivity contribution in [3.8, 4) is 5.75 Å². The summed E-state index contributed by atoms with van der Waals surface area (Å²) in [5, 5.41) is 0.853. The Labute approximate surface area is 157 Å². The number of ether oxygens (including phenoxy) is 1. The number of benzene rings is 1. The smallest absolute Gasteiger partial charge is 0.265 e. The van der Waals surface area contributed by atoms with Crippen LogP contribution in [0.5, 0.6) is 5.75 Å². The summed E-state index contributed by atoms with van der Waals surface area (Å²) in [4.78, 5) is 19.5. The first-order valence-electron chi connectivity index (χ1n) is 8.20. The lowest BCUT2D eigenvalue weighted by Gasteiger charge is -2.33. The van der Waals surface area contributed by atoms with Crippen molar-refractivity contribution >= 4 is 27.3 Å². The standard InChI is InChI=1S/C17H21N3O4S2/c1-12-16(25-13(2)18-12)17(21)19-8-10-20(11-9-19)26(22,23)15-6-4-14(24-3)5-7-15/h4-7H,8-11H2,1-3H3. The van der Waals surface area contributed by atoms with Gasteiger partial charge in [-0.25, -0.2) is 13.4 Å². The third-order valence-corrected chi connectivity index (χ3v) is 7.29. The molecule has 0 bridgehead atoms. The molecule has 1 saturated heterocycles. The van der Waals surface area contributed by atoms with Crippen molar-refractivity contribution in [1.29, 1.82) is 0 Å². The topological polar surface area (TPSA) is 79.8 Å². The molecule has 0 aliphatic carbocycles. The van der Waals surface area contributed by atoms with E-state index in [1.165, 1.54) is 34.9 Å². The summed E-state index contributed by atoms with van der Waals surface area (Å²) >= 11 is 1.38. The lowest BCUT2D eigenvalue weighted by atomic mass is 10.3. The maximum atomic E-state index is 12.8. The van der Waals surface area contributed by atoms with E-state index in [1.807, 2.05) is 13.8 Å². The van der Waals surface area contributed by atoms with Crippen LogP contribution in [0, 0.1) is 13.8 Å². The monoisotopic (exact) mass is 395 g/mol. The Morgan fingerprint density at radius 3 is 2.23 bits per heavy atom. The van der Waals surface area contributed by atoms with Crippen LogP contribution in [0.1, 0.15) is 20.4 Å². The molecule has 0 N–H and O–H groups in total. The summed E-state index contributed by atoms with van der Waals surface area (Å²) in [6.07, 6.45) is 0. The molecule has 0 atom stereocenters. The molecule has 1 aliphatic heterocycles. The van der Waals surface area contributed by atoms with E-state index in [9.17, 15) is 13.2 Å². The summed E-state index contributed by atoms with van der Waals surface area (Å²) < 4.78 is 32.0. The number of aromatic nitrogens is 1. The quantitative estimate of drug-likeness (QED) is 0.790. The molecule has 0 unspecified atom stereocenters. The summed E-state index contributed by atoms with van der Waals surface area (Å²) in [5.74, 6) is 0.532. The lowest BCUT2D eigenvalue weighted by Crippen LogP contribution is -2.50. The molecule has 3 rings (SSSR count). The van der Waals surface area contributed by atoms with E-state index < -0.39 is 10.0 Å². The van der Waals surface area contributed by atoms with E-state index in [-0.39, 0.29) is 23.9 Å². The van der Waals surface area contributed by atoms with E-state index in [2.05, 4.69) is 4.98 Å². The van der Waals surface area contributed by atoms with Crippen molar-refractivity contribution in [1.82, 2.24) is 14.2 Å². The van der Waals surface area contributed by atoms with Crippen LogP contribution in [-0.4, -0.2) is 61.8 Å². The van der Waals surface area contributed by atoms with Crippen molar-refractivity contribution in [2.75, 3.05) is 33.3 Å². The fourth-order valence-electron chi connectivity index (χ4n) is 2.90. The molecular formula is C17H21N3O4S2. The zero-order valence-corrected chi connectivity index (χ0v) is 16.6. The predicted molar refractivity (Wildman–Crippen MR) is 99.2 cm³/mol. The fourth-order valence-corrected chi connectivity index (χ4v) is 5.21. The van der Waals surface area contributed by atoms with Gasteiger partial charge in [-0.2, -0.15) is 4.31 Å². The Bertz CT molecular complexity index is 899. The highest BCUT2D eigenvalue weighted by atomic mass is 32.2. The van der Waals surface area contributed by atoms with Gasteiger partial charge in [-0.1, -0.05) is 0 Å². The van der Waals surface area contributed by atoms with Crippen molar-refractivity contribution in [3.63, 3.8) is 0 Å². The number of carbonyl (C=O) groups excluding carboxylic acids is 1. The Balaban J connectivity index is 1.69. The van der Waals surface area contributed by atoms with Gasteiger partial charge in [-0.05, 0) is 38.1 Å². The van der Waals surface area contributed by atoms with Crippen LogP contribution in [0.4, 0.5) is 0 Å². The second-order valence-electron chi connectivity index (χ2n) is 6.02. The minimum Gasteiger partial charge on any atom is -0.497 e. The van der Waals surface area contributed by atoms with Crippen LogP contribution in [0.15, 0.2) is 29.2 Å². The second-order valence-corrected chi connectivity index (χ2v) is 9.16. The number of carbonyl (C=O) groups is 1. The molecule has 26 heavy (non-hydrogen) atoms. The first-order chi connectivity index (χ1) is 12.3. The Hall–Kier alpha value is -1.97. The predicted octanol–water partition coefficient (Wildman–Crippen LogP) is 1.92. The Morgan fingerprint density at radius 2 is 1.73 bits per heavy atom. The van der Waals surface area contributed by atoms with E-state index in [1.54, 1.807) is 17.0 Å². The number of rotatable bonds is 4. The molecular weight excluding hydrogens is 374 g/mol. The number of nitrogens with zero attached hydrogens (tertiary/aromatic N) is 3. The number of hydrogen-bond acceptors (Lipinski definition) is 6. The molecule has 1 aromatic heterocycles.